The van der Waals surface area contributed by atoms with Gasteiger partial charge in [-0.25, -0.2) is 5.43 Å². The molecule has 1 atom stereocenters. The minimum Gasteiger partial charge on any atom is -0.270 e. The van der Waals surface area contributed by atoms with Gasteiger partial charge in [0.05, 0.1) is 26.9 Å². The van der Waals surface area contributed by atoms with Crippen LogP contribution in [0.5, 0.6) is 0 Å². The molecule has 19 heavy (non-hydrogen) atoms. The van der Waals surface area contributed by atoms with Crippen LogP contribution in [0.1, 0.15) is 49.0 Å². The van der Waals surface area contributed by atoms with Gasteiger partial charge in [-0.1, -0.05) is 18.3 Å². The van der Waals surface area contributed by atoms with Crippen LogP contribution >= 0.6 is 27.5 Å². The Morgan fingerprint density at radius 2 is 2.26 bits per heavy atom. The highest BCUT2D eigenvalue weighted by atomic mass is 79.9. The molecule has 8 heteroatoms. The number of hydrogen-bond acceptors (Lipinski definition) is 6. The molecule has 0 aromatic carbocycles. The van der Waals surface area contributed by atoms with Crippen molar-refractivity contribution < 1.29 is 0 Å². The molecular weight excluding hydrogens is 328 g/mol. The summed E-state index contributed by atoms with van der Waals surface area (Å²) in [6.07, 6.45) is 1.78. The summed E-state index contributed by atoms with van der Waals surface area (Å²) in [4.78, 5) is 1.04. The van der Waals surface area contributed by atoms with E-state index in [0.717, 1.165) is 27.3 Å². The van der Waals surface area contributed by atoms with Gasteiger partial charge in [-0.05, 0) is 40.3 Å². The zero-order valence-electron chi connectivity index (χ0n) is 11.1. The highest BCUT2D eigenvalue weighted by molar-refractivity contribution is 9.10. The first-order valence-corrected chi connectivity index (χ1v) is 7.66. The molecule has 6 nitrogen and oxygen atoms in total. The second-order valence-corrected chi connectivity index (χ2v) is 6.11. The summed E-state index contributed by atoms with van der Waals surface area (Å²) in [7, 11) is 0. The number of hydrogen-bond donors (Lipinski definition) is 2. The maximum absolute atomic E-state index is 5.76. The smallest absolute Gasteiger partial charge is 0.102 e. The van der Waals surface area contributed by atoms with Gasteiger partial charge < -0.3 is 0 Å². The van der Waals surface area contributed by atoms with Gasteiger partial charge in [0, 0.05) is 6.54 Å². The molecular formula is C11H17BrN6S. The van der Waals surface area contributed by atoms with Crippen molar-refractivity contribution in [3.63, 3.8) is 0 Å². The molecule has 0 aliphatic carbocycles. The highest BCUT2D eigenvalue weighted by Crippen LogP contribution is 2.33. The number of rotatable bonds is 5. The summed E-state index contributed by atoms with van der Waals surface area (Å²) in [5.41, 5.74) is 4.83. The third-order valence-corrected chi connectivity index (χ3v) is 4.34. The highest BCUT2D eigenvalue weighted by Gasteiger charge is 2.26. The number of halogens is 1. The molecule has 104 valence electrons. The monoisotopic (exact) mass is 344 g/mol. The molecule has 2 aromatic rings. The van der Waals surface area contributed by atoms with Crippen molar-refractivity contribution in [1.29, 1.82) is 0 Å². The van der Waals surface area contributed by atoms with Crippen LogP contribution in [-0.2, 0) is 6.54 Å². The summed E-state index contributed by atoms with van der Waals surface area (Å²) >= 11 is 4.90. The lowest BCUT2D eigenvalue weighted by Gasteiger charge is -2.18. The summed E-state index contributed by atoms with van der Waals surface area (Å²) < 4.78 is 6.90. The first-order chi connectivity index (χ1) is 9.10. The van der Waals surface area contributed by atoms with Gasteiger partial charge in [-0.15, -0.1) is 5.10 Å². The molecule has 0 saturated heterocycles. The standard InChI is InChI=1S/C11H17BrN6S/c1-4-18-10(7(12)5-14-18)9(15-13)11-8(6(2)3)16-17-19-11/h5-6,9,15H,4,13H2,1-3H3. The Kier molecular flexibility index (Phi) is 4.67. The number of nitrogens with zero attached hydrogens (tertiary/aromatic N) is 4. The maximum atomic E-state index is 5.76. The van der Waals surface area contributed by atoms with Crippen molar-refractivity contribution >= 4 is 27.5 Å². The van der Waals surface area contributed by atoms with E-state index in [1.165, 1.54) is 11.5 Å². The van der Waals surface area contributed by atoms with Crippen LogP contribution < -0.4 is 11.3 Å². The Bertz CT molecular complexity index is 549. The summed E-state index contributed by atoms with van der Waals surface area (Å²) in [5.74, 6) is 6.06. The predicted octanol–water partition coefficient (Wildman–Crippen LogP) is 2.19. The third-order valence-electron chi connectivity index (χ3n) is 2.92. The summed E-state index contributed by atoms with van der Waals surface area (Å²) in [6, 6.07) is -0.158. The van der Waals surface area contributed by atoms with Gasteiger partial charge in [0.15, 0.2) is 0 Å². The first-order valence-electron chi connectivity index (χ1n) is 6.09. The van der Waals surface area contributed by atoms with Gasteiger partial charge >= 0.3 is 0 Å². The lowest BCUT2D eigenvalue weighted by atomic mass is 10.0. The molecule has 3 N–H and O–H groups in total. The molecule has 2 aromatic heterocycles. The SMILES string of the molecule is CCn1ncc(Br)c1C(NN)c1snnc1C(C)C. The van der Waals surface area contributed by atoms with Crippen LogP contribution in [0.25, 0.3) is 0 Å². The molecule has 2 rings (SSSR count). The molecule has 0 radical (unpaired) electrons. The number of aryl methyl sites for hydroxylation is 1. The van der Waals surface area contributed by atoms with Crippen molar-refractivity contribution in [3.05, 3.63) is 26.9 Å². The van der Waals surface area contributed by atoms with E-state index in [0.29, 0.717) is 5.92 Å². The fourth-order valence-electron chi connectivity index (χ4n) is 1.99. The number of aromatic nitrogens is 4. The van der Waals surface area contributed by atoms with Gasteiger partial charge in [-0.3, -0.25) is 10.5 Å². The number of hydrazine groups is 1. The third kappa shape index (κ3) is 2.71. The topological polar surface area (TPSA) is 81.7 Å². The van der Waals surface area contributed by atoms with E-state index in [1.807, 2.05) is 11.6 Å². The first kappa shape index (κ1) is 14.6. The quantitative estimate of drug-likeness (QED) is 0.641. The van der Waals surface area contributed by atoms with E-state index < -0.39 is 0 Å². The minimum absolute atomic E-state index is 0.158. The summed E-state index contributed by atoms with van der Waals surface area (Å²) in [5, 5.41) is 8.53. The predicted molar refractivity (Wildman–Crippen MR) is 78.8 cm³/mol. The van der Waals surface area contributed by atoms with Crippen LogP contribution in [0, 0.1) is 0 Å². The van der Waals surface area contributed by atoms with Gasteiger partial charge in [0.25, 0.3) is 0 Å². The van der Waals surface area contributed by atoms with Crippen LogP contribution in [-0.4, -0.2) is 19.4 Å². The van der Waals surface area contributed by atoms with Gasteiger partial charge in [-0.2, -0.15) is 5.10 Å². The molecule has 0 saturated carbocycles. The van der Waals surface area contributed by atoms with Crippen molar-refractivity contribution in [1.82, 2.24) is 24.8 Å². The Balaban J connectivity index is 2.50. The maximum Gasteiger partial charge on any atom is 0.102 e. The van der Waals surface area contributed by atoms with Crippen molar-refractivity contribution in [3.8, 4) is 0 Å². The minimum atomic E-state index is -0.158. The van der Waals surface area contributed by atoms with Crippen molar-refractivity contribution in [2.45, 2.75) is 39.3 Å². The summed E-state index contributed by atoms with van der Waals surface area (Å²) in [6.45, 7) is 7.02. The van der Waals surface area contributed by atoms with E-state index in [-0.39, 0.29) is 6.04 Å². The molecule has 1 unspecified atom stereocenters. The van der Waals surface area contributed by atoms with Crippen LogP contribution in [0.15, 0.2) is 10.7 Å². The zero-order chi connectivity index (χ0) is 14.0. The lowest BCUT2D eigenvalue weighted by molar-refractivity contribution is 0.541. The van der Waals surface area contributed by atoms with Crippen molar-refractivity contribution in [2.75, 3.05) is 0 Å². The Morgan fingerprint density at radius 1 is 1.53 bits per heavy atom. The van der Waals surface area contributed by atoms with E-state index in [4.69, 9.17) is 5.84 Å². The van der Waals surface area contributed by atoms with Gasteiger partial charge in [0.1, 0.15) is 6.04 Å². The van der Waals surface area contributed by atoms with Crippen LogP contribution in [0.3, 0.4) is 0 Å². The Labute approximate surface area is 124 Å². The van der Waals surface area contributed by atoms with E-state index in [9.17, 15) is 0 Å². The molecule has 0 aliphatic rings. The molecule has 0 amide bonds. The fourth-order valence-corrected chi connectivity index (χ4v) is 3.39. The van der Waals surface area contributed by atoms with Crippen molar-refractivity contribution in [2.24, 2.45) is 5.84 Å². The average Bonchev–Trinajstić information content (AvgIpc) is 2.99. The zero-order valence-corrected chi connectivity index (χ0v) is 13.5. The van der Waals surface area contributed by atoms with Gasteiger partial charge in [0.2, 0.25) is 0 Å². The van der Waals surface area contributed by atoms with E-state index in [1.54, 1.807) is 6.20 Å². The van der Waals surface area contributed by atoms with E-state index >= 15 is 0 Å². The van der Waals surface area contributed by atoms with Crippen LogP contribution in [0.4, 0.5) is 0 Å². The second kappa shape index (κ2) is 6.08. The Hall–Kier alpha value is -0.830. The average molecular weight is 345 g/mol. The normalized spacial score (nSPS) is 13.2. The molecule has 2 heterocycles. The Morgan fingerprint density at radius 3 is 2.84 bits per heavy atom. The molecule has 0 fully saturated rings. The molecule has 0 spiro atoms. The molecule has 0 bridgehead atoms. The second-order valence-electron chi connectivity index (χ2n) is 4.47. The lowest BCUT2D eigenvalue weighted by Crippen LogP contribution is -2.31. The van der Waals surface area contributed by atoms with E-state index in [2.05, 4.69) is 49.9 Å². The fraction of sp³-hybridized carbons (Fsp3) is 0.545. The largest absolute Gasteiger partial charge is 0.270 e. The molecule has 0 aliphatic heterocycles. The van der Waals surface area contributed by atoms with Crippen LogP contribution in [0.2, 0.25) is 0 Å². The number of nitrogens with one attached hydrogen (secondary N) is 1. The number of nitrogens with two attached hydrogens (primary N) is 1.